The fourth-order valence-electron chi connectivity index (χ4n) is 3.99. The maximum absolute atomic E-state index is 12.3. The molecule has 2 atom stereocenters. The lowest BCUT2D eigenvalue weighted by Gasteiger charge is -2.23. The highest BCUT2D eigenvalue weighted by atomic mass is 16.5. The summed E-state index contributed by atoms with van der Waals surface area (Å²) in [5.74, 6) is 0.187. The minimum atomic E-state index is -0.384. The van der Waals surface area contributed by atoms with Crippen molar-refractivity contribution in [1.82, 2.24) is 4.90 Å². The van der Waals surface area contributed by atoms with Gasteiger partial charge in [0, 0.05) is 20.1 Å². The molecule has 0 aromatic carbocycles. The van der Waals surface area contributed by atoms with E-state index in [1.54, 1.807) is 7.11 Å². The highest BCUT2D eigenvalue weighted by Gasteiger charge is 2.33. The van der Waals surface area contributed by atoms with Gasteiger partial charge in [-0.05, 0) is 12.8 Å². The molecular weight excluding hydrogens is 326 g/mol. The van der Waals surface area contributed by atoms with Crippen molar-refractivity contribution >= 4 is 5.91 Å². The highest BCUT2D eigenvalue weighted by Crippen LogP contribution is 2.20. The van der Waals surface area contributed by atoms with Gasteiger partial charge in [-0.1, -0.05) is 84.0 Å². The van der Waals surface area contributed by atoms with E-state index in [1.165, 1.54) is 70.6 Å². The number of nitrogens with zero attached hydrogens (tertiary/aromatic N) is 1. The van der Waals surface area contributed by atoms with Gasteiger partial charge < -0.3 is 14.7 Å². The Morgan fingerprint density at radius 2 is 1.42 bits per heavy atom. The van der Waals surface area contributed by atoms with Crippen molar-refractivity contribution in [3.8, 4) is 0 Å². The third-order valence-corrected chi connectivity index (χ3v) is 5.57. The Kier molecular flexibility index (Phi) is 13.9. The first-order valence-corrected chi connectivity index (χ1v) is 11.2. The van der Waals surface area contributed by atoms with E-state index < -0.39 is 0 Å². The standard InChI is InChI=1S/C22H43NO3/c1-3-4-5-6-7-8-9-10-11-12-13-14-15-16-22(25)23-18-21(24)17-20(23)19-26-2/h20-21,24H,3-19H2,1-2H3/t20-,21+/m0/s1. The Hall–Kier alpha value is -0.610. The molecule has 1 saturated heterocycles. The first kappa shape index (κ1) is 23.4. The van der Waals surface area contributed by atoms with Gasteiger partial charge >= 0.3 is 0 Å². The Bertz CT molecular complexity index is 348. The molecule has 0 radical (unpaired) electrons. The molecule has 1 heterocycles. The van der Waals surface area contributed by atoms with Crippen LogP contribution in [0.3, 0.4) is 0 Å². The summed E-state index contributed by atoms with van der Waals surface area (Å²) >= 11 is 0. The van der Waals surface area contributed by atoms with E-state index in [0.29, 0.717) is 26.0 Å². The van der Waals surface area contributed by atoms with E-state index in [2.05, 4.69) is 6.92 Å². The molecule has 0 aromatic rings. The molecule has 0 unspecified atom stereocenters. The predicted molar refractivity (Wildman–Crippen MR) is 108 cm³/mol. The molecule has 1 aliphatic heterocycles. The number of unbranched alkanes of at least 4 members (excludes halogenated alkanes) is 12. The quantitative estimate of drug-likeness (QED) is 0.386. The number of ether oxygens (including phenoxy) is 1. The fraction of sp³-hybridized carbons (Fsp3) is 0.955. The average Bonchev–Trinajstić information content (AvgIpc) is 2.99. The molecule has 0 bridgehead atoms. The predicted octanol–water partition coefficient (Wildman–Crippen LogP) is 5.08. The molecular formula is C22H43NO3. The zero-order valence-corrected chi connectivity index (χ0v) is 17.4. The maximum atomic E-state index is 12.3. The largest absolute Gasteiger partial charge is 0.391 e. The van der Waals surface area contributed by atoms with Crippen LogP contribution in [0.2, 0.25) is 0 Å². The molecule has 26 heavy (non-hydrogen) atoms. The normalized spacial score (nSPS) is 20.0. The number of aliphatic hydroxyl groups excluding tert-OH is 1. The molecule has 1 amide bonds. The number of β-amino-alcohol motifs (C(OH)–C–C–N with tert-alkyl or cyclic N) is 1. The zero-order valence-electron chi connectivity index (χ0n) is 17.4. The number of likely N-dealkylation sites (tertiary alicyclic amines) is 1. The van der Waals surface area contributed by atoms with Crippen LogP contribution in [0, 0.1) is 0 Å². The average molecular weight is 370 g/mol. The molecule has 0 spiro atoms. The summed E-state index contributed by atoms with van der Waals surface area (Å²) in [6, 6.07) is 0.0597. The first-order chi connectivity index (χ1) is 12.7. The number of amides is 1. The summed E-state index contributed by atoms with van der Waals surface area (Å²) in [6.45, 7) is 3.28. The van der Waals surface area contributed by atoms with Crippen molar-refractivity contribution < 1.29 is 14.6 Å². The summed E-state index contributed by atoms with van der Waals surface area (Å²) < 4.78 is 5.17. The highest BCUT2D eigenvalue weighted by molar-refractivity contribution is 5.76. The topological polar surface area (TPSA) is 49.8 Å². The van der Waals surface area contributed by atoms with Gasteiger partial charge in [-0.25, -0.2) is 0 Å². The zero-order chi connectivity index (χ0) is 19.0. The van der Waals surface area contributed by atoms with Crippen LogP contribution in [0.5, 0.6) is 0 Å². The van der Waals surface area contributed by atoms with Gasteiger partial charge in [0.15, 0.2) is 0 Å². The maximum Gasteiger partial charge on any atom is 0.222 e. The third kappa shape index (κ3) is 10.5. The van der Waals surface area contributed by atoms with Crippen molar-refractivity contribution in [1.29, 1.82) is 0 Å². The number of methoxy groups -OCH3 is 1. The van der Waals surface area contributed by atoms with Crippen LogP contribution < -0.4 is 0 Å². The number of carbonyl (C=O) groups excluding carboxylic acids is 1. The van der Waals surface area contributed by atoms with Crippen LogP contribution in [-0.2, 0) is 9.53 Å². The molecule has 0 aliphatic carbocycles. The van der Waals surface area contributed by atoms with Crippen LogP contribution in [0.25, 0.3) is 0 Å². The smallest absolute Gasteiger partial charge is 0.222 e. The van der Waals surface area contributed by atoms with Gasteiger partial charge in [-0.15, -0.1) is 0 Å². The molecule has 1 aliphatic rings. The summed E-state index contributed by atoms with van der Waals surface area (Å²) in [7, 11) is 1.65. The first-order valence-electron chi connectivity index (χ1n) is 11.2. The SMILES string of the molecule is CCCCCCCCCCCCCCCC(=O)N1C[C@H](O)C[C@H]1COC. The van der Waals surface area contributed by atoms with Crippen LogP contribution >= 0.6 is 0 Å². The van der Waals surface area contributed by atoms with E-state index in [4.69, 9.17) is 4.74 Å². The fourth-order valence-corrected chi connectivity index (χ4v) is 3.99. The Morgan fingerprint density at radius 3 is 1.92 bits per heavy atom. The number of carbonyl (C=O) groups is 1. The molecule has 4 heteroatoms. The van der Waals surface area contributed by atoms with E-state index in [-0.39, 0.29) is 18.1 Å². The van der Waals surface area contributed by atoms with Gasteiger partial charge in [0.25, 0.3) is 0 Å². The minimum Gasteiger partial charge on any atom is -0.391 e. The van der Waals surface area contributed by atoms with Crippen molar-refractivity contribution in [2.45, 2.75) is 115 Å². The number of hydrogen-bond acceptors (Lipinski definition) is 3. The number of rotatable bonds is 16. The van der Waals surface area contributed by atoms with Crippen LogP contribution in [0.15, 0.2) is 0 Å². The number of hydrogen-bond donors (Lipinski definition) is 1. The van der Waals surface area contributed by atoms with Crippen molar-refractivity contribution in [2.24, 2.45) is 0 Å². The van der Waals surface area contributed by atoms with Crippen LogP contribution in [0.4, 0.5) is 0 Å². The molecule has 1 rings (SSSR count). The Labute approximate surface area is 161 Å². The van der Waals surface area contributed by atoms with Crippen LogP contribution in [0.1, 0.15) is 103 Å². The van der Waals surface area contributed by atoms with E-state index in [1.807, 2.05) is 4.90 Å². The Morgan fingerprint density at radius 1 is 0.923 bits per heavy atom. The molecule has 154 valence electrons. The molecule has 1 fully saturated rings. The summed E-state index contributed by atoms with van der Waals surface area (Å²) in [4.78, 5) is 14.2. The van der Waals surface area contributed by atoms with Gasteiger partial charge in [-0.3, -0.25) is 4.79 Å². The van der Waals surface area contributed by atoms with E-state index >= 15 is 0 Å². The Balaban J connectivity index is 1.91. The van der Waals surface area contributed by atoms with Gasteiger partial charge in [-0.2, -0.15) is 0 Å². The minimum absolute atomic E-state index is 0.0597. The van der Waals surface area contributed by atoms with Crippen LogP contribution in [-0.4, -0.2) is 48.3 Å². The summed E-state index contributed by atoms with van der Waals surface area (Å²) in [6.07, 6.45) is 18.0. The third-order valence-electron chi connectivity index (χ3n) is 5.57. The monoisotopic (exact) mass is 369 g/mol. The molecule has 4 nitrogen and oxygen atoms in total. The molecule has 0 saturated carbocycles. The van der Waals surface area contributed by atoms with Crippen molar-refractivity contribution in [2.75, 3.05) is 20.3 Å². The second-order valence-corrected chi connectivity index (χ2v) is 8.04. The second kappa shape index (κ2) is 15.4. The van der Waals surface area contributed by atoms with Gasteiger partial charge in [0.1, 0.15) is 0 Å². The van der Waals surface area contributed by atoms with Gasteiger partial charge in [0.05, 0.1) is 18.8 Å². The van der Waals surface area contributed by atoms with E-state index in [0.717, 1.165) is 12.8 Å². The lowest BCUT2D eigenvalue weighted by Crippen LogP contribution is -2.38. The molecule has 0 aromatic heterocycles. The number of aliphatic hydroxyl groups is 1. The van der Waals surface area contributed by atoms with E-state index in [9.17, 15) is 9.90 Å². The van der Waals surface area contributed by atoms with Crippen molar-refractivity contribution in [3.63, 3.8) is 0 Å². The lowest BCUT2D eigenvalue weighted by molar-refractivity contribution is -0.133. The summed E-state index contributed by atoms with van der Waals surface area (Å²) in [5.41, 5.74) is 0. The lowest BCUT2D eigenvalue weighted by atomic mass is 10.0. The van der Waals surface area contributed by atoms with Gasteiger partial charge in [0.2, 0.25) is 5.91 Å². The van der Waals surface area contributed by atoms with Crippen molar-refractivity contribution in [3.05, 3.63) is 0 Å². The second-order valence-electron chi connectivity index (χ2n) is 8.04. The summed E-state index contributed by atoms with van der Waals surface area (Å²) in [5, 5.41) is 9.78. The molecule has 1 N–H and O–H groups in total.